The summed E-state index contributed by atoms with van der Waals surface area (Å²) in [6.07, 6.45) is 3.95. The summed E-state index contributed by atoms with van der Waals surface area (Å²) in [5, 5.41) is 3.29. The SMILES string of the molecule is C=C1COC(c2nc(-c3ccc(F)cc3)c(-c3ccnc(NCCCN4CC=NC4)n3)[nH]2)OC1. The Bertz CT molecular complexity index is 1160. The van der Waals surface area contributed by atoms with Gasteiger partial charge >= 0.3 is 0 Å². The first-order valence-electron chi connectivity index (χ1n) is 11.2. The second-order valence-corrected chi connectivity index (χ2v) is 8.19. The highest BCUT2D eigenvalue weighted by Gasteiger charge is 2.25. The molecule has 2 aliphatic heterocycles. The van der Waals surface area contributed by atoms with Gasteiger partial charge in [0.15, 0.2) is 5.82 Å². The van der Waals surface area contributed by atoms with E-state index in [0.717, 1.165) is 43.9 Å². The van der Waals surface area contributed by atoms with Crippen molar-refractivity contribution in [3.63, 3.8) is 0 Å². The van der Waals surface area contributed by atoms with Crippen molar-refractivity contribution in [2.45, 2.75) is 12.7 Å². The van der Waals surface area contributed by atoms with E-state index in [9.17, 15) is 4.39 Å². The van der Waals surface area contributed by atoms with Crippen molar-refractivity contribution in [1.82, 2.24) is 24.8 Å². The lowest BCUT2D eigenvalue weighted by Gasteiger charge is -2.22. The second kappa shape index (κ2) is 10.2. The molecule has 5 rings (SSSR count). The lowest BCUT2D eigenvalue weighted by atomic mass is 10.1. The van der Waals surface area contributed by atoms with Gasteiger partial charge in [-0.1, -0.05) is 6.58 Å². The van der Waals surface area contributed by atoms with Crippen LogP contribution in [-0.2, 0) is 9.47 Å². The summed E-state index contributed by atoms with van der Waals surface area (Å²) in [4.78, 5) is 23.6. The van der Waals surface area contributed by atoms with Gasteiger partial charge in [0.1, 0.15) is 5.82 Å². The molecule has 2 N–H and O–H groups in total. The average molecular weight is 464 g/mol. The molecular weight excluding hydrogens is 437 g/mol. The van der Waals surface area contributed by atoms with E-state index >= 15 is 0 Å². The Labute approximate surface area is 196 Å². The van der Waals surface area contributed by atoms with Crippen molar-refractivity contribution < 1.29 is 13.9 Å². The van der Waals surface area contributed by atoms with Gasteiger partial charge in [0.25, 0.3) is 0 Å². The van der Waals surface area contributed by atoms with Crippen LogP contribution in [0.5, 0.6) is 0 Å². The molecule has 1 fully saturated rings. The quantitative estimate of drug-likeness (QED) is 0.390. The number of benzene rings is 1. The van der Waals surface area contributed by atoms with Gasteiger partial charge in [0, 0.05) is 37.6 Å². The van der Waals surface area contributed by atoms with Crippen molar-refractivity contribution in [2.24, 2.45) is 4.99 Å². The second-order valence-electron chi connectivity index (χ2n) is 8.19. The summed E-state index contributed by atoms with van der Waals surface area (Å²) in [5.41, 5.74) is 3.58. The molecule has 0 bridgehead atoms. The number of nitrogens with one attached hydrogen (secondary N) is 2. The van der Waals surface area contributed by atoms with Gasteiger partial charge < -0.3 is 19.8 Å². The van der Waals surface area contributed by atoms with Crippen LogP contribution in [0, 0.1) is 5.82 Å². The minimum absolute atomic E-state index is 0.312. The van der Waals surface area contributed by atoms with Gasteiger partial charge in [-0.05, 0) is 42.3 Å². The first-order valence-corrected chi connectivity index (χ1v) is 11.2. The molecule has 1 saturated heterocycles. The van der Waals surface area contributed by atoms with E-state index in [-0.39, 0.29) is 5.82 Å². The highest BCUT2D eigenvalue weighted by atomic mass is 19.1. The molecule has 0 aliphatic carbocycles. The number of halogens is 1. The summed E-state index contributed by atoms with van der Waals surface area (Å²) < 4.78 is 25.0. The Morgan fingerprint density at radius 1 is 1.15 bits per heavy atom. The number of hydrogen-bond donors (Lipinski definition) is 2. The first-order chi connectivity index (χ1) is 16.7. The van der Waals surface area contributed by atoms with Crippen LogP contribution in [0.15, 0.2) is 53.7 Å². The zero-order chi connectivity index (χ0) is 23.3. The van der Waals surface area contributed by atoms with Gasteiger partial charge in [-0.15, -0.1) is 0 Å². The number of aliphatic imine (C=N–C) groups is 1. The number of H-pyrrole nitrogens is 1. The Hall–Kier alpha value is -3.47. The molecular formula is C24H26FN7O2. The maximum Gasteiger partial charge on any atom is 0.223 e. The predicted molar refractivity (Wildman–Crippen MR) is 127 cm³/mol. The molecule has 176 valence electrons. The third-order valence-corrected chi connectivity index (χ3v) is 5.54. The van der Waals surface area contributed by atoms with Crippen LogP contribution in [0.4, 0.5) is 10.3 Å². The number of ether oxygens (including phenoxy) is 2. The van der Waals surface area contributed by atoms with Crippen LogP contribution in [-0.4, -0.2) is 70.6 Å². The lowest BCUT2D eigenvalue weighted by Crippen LogP contribution is -2.23. The molecule has 0 atom stereocenters. The van der Waals surface area contributed by atoms with Gasteiger partial charge in [0.05, 0.1) is 37.0 Å². The third kappa shape index (κ3) is 5.19. The molecule has 0 radical (unpaired) electrons. The first kappa shape index (κ1) is 22.3. The Balaban J connectivity index is 1.37. The van der Waals surface area contributed by atoms with Crippen LogP contribution < -0.4 is 5.32 Å². The Kier molecular flexibility index (Phi) is 6.70. The van der Waals surface area contributed by atoms with Gasteiger partial charge in [-0.25, -0.2) is 19.3 Å². The summed E-state index contributed by atoms with van der Waals surface area (Å²) in [6.45, 7) is 8.06. The fraction of sp³-hybridized carbons (Fsp3) is 0.333. The predicted octanol–water partition coefficient (Wildman–Crippen LogP) is 3.42. The zero-order valence-corrected chi connectivity index (χ0v) is 18.7. The zero-order valence-electron chi connectivity index (χ0n) is 18.7. The number of imidazole rings is 1. The third-order valence-electron chi connectivity index (χ3n) is 5.54. The van der Waals surface area contributed by atoms with Crippen molar-refractivity contribution in [3.05, 3.63) is 60.3 Å². The number of rotatable bonds is 8. The molecule has 10 heteroatoms. The topological polar surface area (TPSA) is 101 Å². The largest absolute Gasteiger partial charge is 0.354 e. The summed E-state index contributed by atoms with van der Waals surface area (Å²) in [7, 11) is 0. The number of hydrogen-bond acceptors (Lipinski definition) is 8. The van der Waals surface area contributed by atoms with Crippen LogP contribution in [0.25, 0.3) is 22.6 Å². The summed E-state index contributed by atoms with van der Waals surface area (Å²) >= 11 is 0. The molecule has 2 aliphatic rings. The molecule has 0 spiro atoms. The monoisotopic (exact) mass is 463 g/mol. The molecule has 1 aromatic carbocycles. The normalized spacial score (nSPS) is 16.9. The van der Waals surface area contributed by atoms with E-state index < -0.39 is 6.29 Å². The number of aromatic nitrogens is 4. The molecule has 9 nitrogen and oxygen atoms in total. The molecule has 3 aromatic rings. The van der Waals surface area contributed by atoms with Crippen LogP contribution in [0.1, 0.15) is 18.5 Å². The smallest absolute Gasteiger partial charge is 0.223 e. The highest BCUT2D eigenvalue weighted by molar-refractivity contribution is 5.77. The lowest BCUT2D eigenvalue weighted by molar-refractivity contribution is -0.165. The minimum Gasteiger partial charge on any atom is -0.354 e. The average Bonchev–Trinajstić information content (AvgIpc) is 3.54. The van der Waals surface area contributed by atoms with Gasteiger partial charge in [0.2, 0.25) is 12.2 Å². The van der Waals surface area contributed by atoms with Gasteiger partial charge in [-0.3, -0.25) is 9.89 Å². The standard InChI is InChI=1S/C24H26FN7O2/c1-16-13-33-23(34-14-16)22-30-20(17-3-5-18(25)6-4-17)21(31-22)19-7-9-28-24(29-19)27-8-2-11-32-12-10-26-15-32/h3-7,9-10,23H,1-2,8,11-15H2,(H,30,31)(H,27,28,29). The van der Waals surface area contributed by atoms with Crippen molar-refractivity contribution in [2.75, 3.05) is 44.8 Å². The Morgan fingerprint density at radius 2 is 1.97 bits per heavy atom. The van der Waals surface area contributed by atoms with E-state index in [0.29, 0.717) is 42.1 Å². The van der Waals surface area contributed by atoms with Crippen molar-refractivity contribution in [3.8, 4) is 22.6 Å². The fourth-order valence-electron chi connectivity index (χ4n) is 3.79. The molecule has 0 amide bonds. The van der Waals surface area contributed by atoms with E-state index in [4.69, 9.17) is 14.5 Å². The fourth-order valence-corrected chi connectivity index (χ4v) is 3.79. The maximum atomic E-state index is 13.5. The highest BCUT2D eigenvalue weighted by Crippen LogP contribution is 2.33. The van der Waals surface area contributed by atoms with Crippen LogP contribution in [0.2, 0.25) is 0 Å². The Morgan fingerprint density at radius 3 is 2.74 bits per heavy atom. The molecule has 34 heavy (non-hydrogen) atoms. The summed E-state index contributed by atoms with van der Waals surface area (Å²) in [6, 6.07) is 7.99. The number of aromatic amines is 1. The van der Waals surface area contributed by atoms with E-state index in [2.05, 4.69) is 36.7 Å². The number of anilines is 1. The molecule has 2 aromatic heterocycles. The van der Waals surface area contributed by atoms with E-state index in [1.54, 1.807) is 18.3 Å². The van der Waals surface area contributed by atoms with Gasteiger partial charge in [-0.2, -0.15) is 0 Å². The van der Waals surface area contributed by atoms with Crippen molar-refractivity contribution >= 4 is 12.2 Å². The van der Waals surface area contributed by atoms with Crippen LogP contribution >= 0.6 is 0 Å². The molecule has 0 unspecified atom stereocenters. The van der Waals surface area contributed by atoms with Crippen LogP contribution in [0.3, 0.4) is 0 Å². The molecule has 4 heterocycles. The minimum atomic E-state index is -0.646. The number of nitrogens with zero attached hydrogens (tertiary/aromatic N) is 5. The molecule has 0 saturated carbocycles. The van der Waals surface area contributed by atoms with E-state index in [1.807, 2.05) is 12.3 Å². The summed E-state index contributed by atoms with van der Waals surface area (Å²) in [5.74, 6) is 0.730. The maximum absolute atomic E-state index is 13.5. The van der Waals surface area contributed by atoms with Crippen molar-refractivity contribution in [1.29, 1.82) is 0 Å². The van der Waals surface area contributed by atoms with E-state index in [1.165, 1.54) is 12.1 Å².